The van der Waals surface area contributed by atoms with Crippen molar-refractivity contribution in [1.29, 1.82) is 0 Å². The zero-order valence-electron chi connectivity index (χ0n) is 11.0. The molecule has 0 radical (unpaired) electrons. The van der Waals surface area contributed by atoms with Crippen molar-refractivity contribution in [3.8, 4) is 0 Å². The summed E-state index contributed by atoms with van der Waals surface area (Å²) in [7, 11) is 0. The largest absolute Gasteiger partial charge is 0.0985 e. The molecule has 0 saturated carbocycles. The second kappa shape index (κ2) is 13.0. The lowest BCUT2D eigenvalue weighted by Crippen LogP contribution is -1.83. The Hall–Kier alpha value is -1.04. The normalized spacial score (nSPS) is 7.80. The first-order valence-corrected chi connectivity index (χ1v) is 6.00. The summed E-state index contributed by atoms with van der Waals surface area (Å²) in [6.45, 7) is 14.1. The third-order valence-corrected chi connectivity index (χ3v) is 1.66. The Balaban J connectivity index is 0. The molecule has 0 aliphatic carbocycles. The summed E-state index contributed by atoms with van der Waals surface area (Å²) >= 11 is 0. The zero-order chi connectivity index (χ0) is 12.1. The van der Waals surface area contributed by atoms with E-state index in [-0.39, 0.29) is 0 Å². The van der Waals surface area contributed by atoms with Crippen molar-refractivity contribution in [2.45, 2.75) is 47.5 Å². The Labute approximate surface area is 96.0 Å². The van der Waals surface area contributed by atoms with Gasteiger partial charge >= 0.3 is 0 Å². The molecule has 0 heterocycles. The van der Waals surface area contributed by atoms with E-state index < -0.39 is 0 Å². The first-order chi connectivity index (χ1) is 7.29. The number of hydrogen-bond donors (Lipinski definition) is 0. The van der Waals surface area contributed by atoms with Gasteiger partial charge in [-0.1, -0.05) is 78.0 Å². The van der Waals surface area contributed by atoms with Gasteiger partial charge in [-0.05, 0) is 17.5 Å². The maximum atomic E-state index is 3.74. The highest BCUT2D eigenvalue weighted by molar-refractivity contribution is 5.51. The SMILES string of the molecule is C=Cc1ccccc1CC.CC.CCC. The molecule has 0 heteroatoms. The van der Waals surface area contributed by atoms with Gasteiger partial charge in [-0.3, -0.25) is 0 Å². The molecule has 15 heavy (non-hydrogen) atoms. The standard InChI is InChI=1S/C10H12.C3H8.C2H6/c1-3-9-7-5-6-8-10(9)4-2;1-3-2;1-2/h3,5-8H,1,4H2,2H3;3H2,1-2H3;1-2H3. The molecular weight excluding hydrogens is 180 g/mol. The molecule has 0 unspecified atom stereocenters. The molecule has 0 saturated heterocycles. The average molecular weight is 206 g/mol. The first kappa shape index (κ1) is 16.4. The fourth-order valence-electron chi connectivity index (χ4n) is 1.06. The Morgan fingerprint density at radius 2 is 1.53 bits per heavy atom. The summed E-state index contributed by atoms with van der Waals surface area (Å²) < 4.78 is 0. The van der Waals surface area contributed by atoms with Crippen molar-refractivity contribution >= 4 is 6.08 Å². The molecule has 0 fully saturated rings. The Bertz CT molecular complexity index is 236. The van der Waals surface area contributed by atoms with Crippen LogP contribution in [0.1, 0.15) is 52.2 Å². The van der Waals surface area contributed by atoms with Crippen molar-refractivity contribution in [3.63, 3.8) is 0 Å². The number of hydrogen-bond acceptors (Lipinski definition) is 0. The molecule has 1 aromatic rings. The molecule has 0 nitrogen and oxygen atoms in total. The van der Waals surface area contributed by atoms with E-state index in [9.17, 15) is 0 Å². The van der Waals surface area contributed by atoms with Crippen molar-refractivity contribution in [2.24, 2.45) is 0 Å². The minimum atomic E-state index is 1.09. The van der Waals surface area contributed by atoms with Crippen LogP contribution in [0, 0.1) is 0 Å². The van der Waals surface area contributed by atoms with Crippen LogP contribution in [0.2, 0.25) is 0 Å². The summed E-state index contributed by atoms with van der Waals surface area (Å²) in [6.07, 6.45) is 4.24. The molecular formula is C15H26. The molecule has 0 aliphatic rings. The maximum absolute atomic E-state index is 3.74. The van der Waals surface area contributed by atoms with Gasteiger partial charge in [0, 0.05) is 0 Å². The lowest BCUT2D eigenvalue weighted by atomic mass is 10.1. The van der Waals surface area contributed by atoms with Gasteiger partial charge in [0.25, 0.3) is 0 Å². The molecule has 0 amide bonds. The summed E-state index contributed by atoms with van der Waals surface area (Å²) in [5, 5.41) is 0. The Morgan fingerprint density at radius 1 is 1.07 bits per heavy atom. The number of rotatable bonds is 2. The summed E-state index contributed by atoms with van der Waals surface area (Å²) in [5.41, 5.74) is 2.63. The van der Waals surface area contributed by atoms with Gasteiger partial charge in [0.15, 0.2) is 0 Å². The highest BCUT2D eigenvalue weighted by Gasteiger charge is 1.91. The Morgan fingerprint density at radius 3 is 1.87 bits per heavy atom. The molecule has 0 aliphatic heterocycles. The van der Waals surface area contributed by atoms with Crippen LogP contribution in [0.3, 0.4) is 0 Å². The second-order valence-electron chi connectivity index (χ2n) is 2.96. The van der Waals surface area contributed by atoms with Crippen molar-refractivity contribution in [1.82, 2.24) is 0 Å². The maximum Gasteiger partial charge on any atom is -0.0231 e. The molecule has 0 N–H and O–H groups in total. The summed E-state index contributed by atoms with van der Waals surface area (Å²) in [6, 6.07) is 8.32. The lowest BCUT2D eigenvalue weighted by molar-refractivity contribution is 1.09. The molecule has 86 valence electrons. The summed E-state index contributed by atoms with van der Waals surface area (Å²) in [5.74, 6) is 0. The van der Waals surface area contributed by atoms with E-state index in [1.165, 1.54) is 17.5 Å². The predicted molar refractivity (Wildman–Crippen MR) is 73.2 cm³/mol. The van der Waals surface area contributed by atoms with Crippen LogP contribution in [-0.2, 0) is 6.42 Å². The monoisotopic (exact) mass is 206 g/mol. The molecule has 0 bridgehead atoms. The van der Waals surface area contributed by atoms with E-state index in [4.69, 9.17) is 0 Å². The third kappa shape index (κ3) is 7.99. The predicted octanol–water partition coefficient (Wildman–Crippen LogP) is 5.33. The van der Waals surface area contributed by atoms with E-state index in [1.54, 1.807) is 0 Å². The van der Waals surface area contributed by atoms with Gasteiger partial charge in [-0.15, -0.1) is 0 Å². The average Bonchev–Trinajstić information content (AvgIpc) is 2.32. The van der Waals surface area contributed by atoms with Gasteiger partial charge in [0.05, 0.1) is 0 Å². The van der Waals surface area contributed by atoms with Crippen molar-refractivity contribution in [2.75, 3.05) is 0 Å². The highest BCUT2D eigenvalue weighted by Crippen LogP contribution is 2.09. The highest BCUT2D eigenvalue weighted by atomic mass is 14.0. The molecule has 1 aromatic carbocycles. The minimum Gasteiger partial charge on any atom is -0.0985 e. The van der Waals surface area contributed by atoms with E-state index >= 15 is 0 Å². The number of benzene rings is 1. The third-order valence-electron chi connectivity index (χ3n) is 1.66. The van der Waals surface area contributed by atoms with Crippen LogP contribution in [0.25, 0.3) is 6.08 Å². The quantitative estimate of drug-likeness (QED) is 0.613. The minimum absolute atomic E-state index is 1.09. The van der Waals surface area contributed by atoms with Crippen LogP contribution < -0.4 is 0 Å². The van der Waals surface area contributed by atoms with E-state index in [0.29, 0.717) is 0 Å². The van der Waals surface area contributed by atoms with Gasteiger partial charge in [-0.2, -0.15) is 0 Å². The van der Waals surface area contributed by atoms with Crippen LogP contribution in [0.4, 0.5) is 0 Å². The fraction of sp³-hybridized carbons (Fsp3) is 0.467. The van der Waals surface area contributed by atoms with Crippen molar-refractivity contribution < 1.29 is 0 Å². The van der Waals surface area contributed by atoms with Gasteiger partial charge < -0.3 is 0 Å². The van der Waals surface area contributed by atoms with Gasteiger partial charge in [0.1, 0.15) is 0 Å². The number of aryl methyl sites for hydroxylation is 1. The fourth-order valence-corrected chi connectivity index (χ4v) is 1.06. The van der Waals surface area contributed by atoms with Crippen LogP contribution in [0.5, 0.6) is 0 Å². The lowest BCUT2D eigenvalue weighted by Gasteiger charge is -1.99. The molecule has 0 spiro atoms. The topological polar surface area (TPSA) is 0 Å². The van der Waals surface area contributed by atoms with Crippen molar-refractivity contribution in [3.05, 3.63) is 42.0 Å². The van der Waals surface area contributed by atoms with Crippen LogP contribution >= 0.6 is 0 Å². The van der Waals surface area contributed by atoms with Crippen LogP contribution in [0.15, 0.2) is 30.8 Å². The van der Waals surface area contributed by atoms with E-state index in [0.717, 1.165) is 6.42 Å². The van der Waals surface area contributed by atoms with Gasteiger partial charge in [0.2, 0.25) is 0 Å². The van der Waals surface area contributed by atoms with E-state index in [1.807, 2.05) is 26.0 Å². The zero-order valence-corrected chi connectivity index (χ0v) is 11.0. The Kier molecular flexibility index (Phi) is 14.2. The first-order valence-electron chi connectivity index (χ1n) is 6.00. The summed E-state index contributed by atoms with van der Waals surface area (Å²) in [4.78, 5) is 0. The molecule has 0 aromatic heterocycles. The second-order valence-corrected chi connectivity index (χ2v) is 2.96. The smallest absolute Gasteiger partial charge is 0.0231 e. The molecule has 0 atom stereocenters. The van der Waals surface area contributed by atoms with Crippen LogP contribution in [-0.4, -0.2) is 0 Å². The van der Waals surface area contributed by atoms with E-state index in [2.05, 4.69) is 45.5 Å². The molecule has 1 rings (SSSR count). The van der Waals surface area contributed by atoms with Gasteiger partial charge in [-0.25, -0.2) is 0 Å².